The van der Waals surface area contributed by atoms with Gasteiger partial charge in [-0.15, -0.1) is 0 Å². The molecule has 2 rings (SSSR count). The highest BCUT2D eigenvalue weighted by molar-refractivity contribution is 8.00. The van der Waals surface area contributed by atoms with Crippen molar-refractivity contribution in [3.05, 3.63) is 40.6 Å². The molecule has 0 fully saturated rings. The van der Waals surface area contributed by atoms with Crippen LogP contribution in [0.4, 0.5) is 11.5 Å². The zero-order chi connectivity index (χ0) is 20.8. The van der Waals surface area contributed by atoms with Crippen LogP contribution in [0, 0.1) is 20.8 Å². The van der Waals surface area contributed by atoms with E-state index in [4.69, 9.17) is 10.5 Å². The Morgan fingerprint density at radius 2 is 1.86 bits per heavy atom. The van der Waals surface area contributed by atoms with Crippen molar-refractivity contribution >= 4 is 35.1 Å². The van der Waals surface area contributed by atoms with Gasteiger partial charge in [0, 0.05) is 11.9 Å². The van der Waals surface area contributed by atoms with E-state index in [1.54, 1.807) is 6.92 Å². The molecule has 7 nitrogen and oxygen atoms in total. The lowest BCUT2D eigenvalue weighted by Crippen LogP contribution is -2.26. The molecular weight excluding hydrogens is 376 g/mol. The van der Waals surface area contributed by atoms with Crippen LogP contribution in [0.5, 0.6) is 0 Å². The van der Waals surface area contributed by atoms with Gasteiger partial charge in [-0.1, -0.05) is 36.4 Å². The highest BCUT2D eigenvalue weighted by atomic mass is 32.2. The minimum atomic E-state index is -0.563. The van der Waals surface area contributed by atoms with E-state index in [-0.39, 0.29) is 23.9 Å². The zero-order valence-electron chi connectivity index (χ0n) is 16.8. The van der Waals surface area contributed by atoms with Crippen molar-refractivity contribution in [3.63, 3.8) is 0 Å². The fraction of sp³-hybridized carbons (Fsp3) is 0.400. The Hall–Kier alpha value is -2.61. The number of nitrogens with two attached hydrogens (primary N) is 1. The fourth-order valence-corrected chi connectivity index (χ4v) is 3.68. The van der Waals surface area contributed by atoms with Gasteiger partial charge in [0.15, 0.2) is 5.16 Å². The smallest absolute Gasteiger partial charge is 0.343 e. The van der Waals surface area contributed by atoms with Crippen molar-refractivity contribution in [2.75, 3.05) is 17.7 Å². The predicted molar refractivity (Wildman–Crippen MR) is 112 cm³/mol. The second-order valence-corrected chi connectivity index (χ2v) is 7.62. The maximum absolute atomic E-state index is 12.8. The summed E-state index contributed by atoms with van der Waals surface area (Å²) in [6.45, 7) is 9.84. The van der Waals surface area contributed by atoms with Gasteiger partial charge in [0.1, 0.15) is 11.4 Å². The van der Waals surface area contributed by atoms with E-state index < -0.39 is 11.2 Å². The van der Waals surface area contributed by atoms with Crippen molar-refractivity contribution in [3.8, 4) is 0 Å². The third-order valence-electron chi connectivity index (χ3n) is 4.13. The average molecular weight is 403 g/mol. The van der Waals surface area contributed by atoms with E-state index in [1.165, 1.54) is 18.0 Å². The number of rotatable bonds is 7. The Morgan fingerprint density at radius 1 is 1.21 bits per heavy atom. The lowest BCUT2D eigenvalue weighted by atomic mass is 10.0. The summed E-state index contributed by atoms with van der Waals surface area (Å²) >= 11 is 1.21. The molecule has 0 aliphatic rings. The minimum Gasteiger partial charge on any atom is -0.462 e. The SMILES string of the molecule is CCOC(=O)c1cnc(S[C@H](CC)C(=O)Nc2c(C)cc(C)cc2C)nc1N. The number of ether oxygens (including phenoxy) is 1. The molecule has 0 unspecified atom stereocenters. The molecule has 0 bridgehead atoms. The maximum atomic E-state index is 12.8. The Balaban J connectivity index is 2.15. The zero-order valence-corrected chi connectivity index (χ0v) is 17.6. The summed E-state index contributed by atoms with van der Waals surface area (Å²) in [6, 6.07) is 4.07. The number of esters is 1. The number of carbonyl (C=O) groups excluding carboxylic acids is 2. The van der Waals surface area contributed by atoms with Crippen molar-refractivity contribution in [1.29, 1.82) is 0 Å². The first kappa shape index (κ1) is 21.7. The van der Waals surface area contributed by atoms with Crippen molar-refractivity contribution in [1.82, 2.24) is 9.97 Å². The number of amides is 1. The summed E-state index contributed by atoms with van der Waals surface area (Å²) in [7, 11) is 0. The standard InChI is InChI=1S/C20H26N4O3S/c1-6-15(18(25)23-16-12(4)8-11(3)9-13(16)5)28-20-22-10-14(17(21)24-20)19(26)27-7-2/h8-10,15H,6-7H2,1-5H3,(H,23,25)(H2,21,22,24)/t15-/m1/s1. The van der Waals surface area contributed by atoms with Gasteiger partial charge in [-0.05, 0) is 45.2 Å². The maximum Gasteiger partial charge on any atom is 0.343 e. The Morgan fingerprint density at radius 3 is 2.39 bits per heavy atom. The normalized spacial score (nSPS) is 11.8. The van der Waals surface area contributed by atoms with Gasteiger partial charge in [-0.2, -0.15) is 0 Å². The molecule has 0 aliphatic carbocycles. The van der Waals surface area contributed by atoms with E-state index in [1.807, 2.05) is 39.8 Å². The first-order valence-electron chi connectivity index (χ1n) is 9.11. The summed E-state index contributed by atoms with van der Waals surface area (Å²) in [5.41, 5.74) is 9.99. The fourth-order valence-electron chi connectivity index (χ4n) is 2.83. The molecule has 2 aromatic rings. The number of thioether (sulfide) groups is 1. The molecule has 150 valence electrons. The molecule has 3 N–H and O–H groups in total. The molecule has 1 aromatic carbocycles. The summed E-state index contributed by atoms with van der Waals surface area (Å²) in [5, 5.41) is 2.96. The quantitative estimate of drug-likeness (QED) is 0.413. The molecule has 1 aromatic heterocycles. The molecule has 0 saturated heterocycles. The number of nitrogens with one attached hydrogen (secondary N) is 1. The van der Waals surface area contributed by atoms with Gasteiger partial charge in [0.05, 0.1) is 11.9 Å². The number of nitrogen functional groups attached to an aromatic ring is 1. The van der Waals surface area contributed by atoms with Gasteiger partial charge < -0.3 is 15.8 Å². The predicted octanol–water partition coefficient (Wildman–Crippen LogP) is 3.67. The van der Waals surface area contributed by atoms with E-state index in [0.717, 1.165) is 22.4 Å². The van der Waals surface area contributed by atoms with E-state index >= 15 is 0 Å². The number of aromatic nitrogens is 2. The van der Waals surface area contributed by atoms with Crippen LogP contribution in [0.1, 0.15) is 47.3 Å². The average Bonchev–Trinajstić information content (AvgIpc) is 2.62. The molecule has 8 heteroatoms. The number of nitrogens with zero attached hydrogens (tertiary/aromatic N) is 2. The minimum absolute atomic E-state index is 0.0384. The highest BCUT2D eigenvalue weighted by Crippen LogP contribution is 2.27. The van der Waals surface area contributed by atoms with E-state index in [0.29, 0.717) is 11.6 Å². The van der Waals surface area contributed by atoms with Gasteiger partial charge >= 0.3 is 5.97 Å². The van der Waals surface area contributed by atoms with Gasteiger partial charge in [0.25, 0.3) is 0 Å². The Labute approximate surface area is 169 Å². The van der Waals surface area contributed by atoms with Crippen LogP contribution in [0.3, 0.4) is 0 Å². The molecule has 1 heterocycles. The van der Waals surface area contributed by atoms with Crippen LogP contribution in [0.2, 0.25) is 0 Å². The molecule has 1 amide bonds. The van der Waals surface area contributed by atoms with Crippen LogP contribution in [0.15, 0.2) is 23.5 Å². The molecule has 0 radical (unpaired) electrons. The molecule has 0 saturated carbocycles. The van der Waals surface area contributed by atoms with Crippen LogP contribution in [-0.4, -0.2) is 33.7 Å². The van der Waals surface area contributed by atoms with Gasteiger partial charge in [-0.3, -0.25) is 4.79 Å². The second kappa shape index (κ2) is 9.54. The largest absolute Gasteiger partial charge is 0.462 e. The molecular formula is C20H26N4O3S. The Bertz CT molecular complexity index is 863. The molecule has 1 atom stereocenters. The lowest BCUT2D eigenvalue weighted by molar-refractivity contribution is -0.115. The van der Waals surface area contributed by atoms with Crippen molar-refractivity contribution < 1.29 is 14.3 Å². The van der Waals surface area contributed by atoms with E-state index in [9.17, 15) is 9.59 Å². The number of hydrogen-bond donors (Lipinski definition) is 2. The summed E-state index contributed by atoms with van der Waals surface area (Å²) in [4.78, 5) is 32.9. The summed E-state index contributed by atoms with van der Waals surface area (Å²) in [5.74, 6) is -0.651. The topological polar surface area (TPSA) is 107 Å². The first-order chi connectivity index (χ1) is 13.3. The Kier molecular flexibility index (Phi) is 7.39. The summed E-state index contributed by atoms with van der Waals surface area (Å²) < 4.78 is 4.92. The van der Waals surface area contributed by atoms with Crippen LogP contribution >= 0.6 is 11.8 Å². The van der Waals surface area contributed by atoms with Crippen LogP contribution in [-0.2, 0) is 9.53 Å². The number of anilines is 2. The number of aryl methyl sites for hydroxylation is 3. The lowest BCUT2D eigenvalue weighted by Gasteiger charge is -2.17. The number of benzene rings is 1. The third-order valence-corrected chi connectivity index (χ3v) is 5.37. The number of carbonyl (C=O) groups is 2. The molecule has 28 heavy (non-hydrogen) atoms. The number of hydrogen-bond acceptors (Lipinski definition) is 7. The van der Waals surface area contributed by atoms with E-state index in [2.05, 4.69) is 15.3 Å². The van der Waals surface area contributed by atoms with Gasteiger partial charge in [-0.25, -0.2) is 14.8 Å². The van der Waals surface area contributed by atoms with Crippen LogP contribution in [0.25, 0.3) is 0 Å². The van der Waals surface area contributed by atoms with Crippen molar-refractivity contribution in [2.45, 2.75) is 51.4 Å². The summed E-state index contributed by atoms with van der Waals surface area (Å²) in [6.07, 6.45) is 1.92. The first-order valence-corrected chi connectivity index (χ1v) is 9.99. The van der Waals surface area contributed by atoms with Crippen LogP contribution < -0.4 is 11.1 Å². The molecule has 0 aliphatic heterocycles. The second-order valence-electron chi connectivity index (χ2n) is 6.45. The monoisotopic (exact) mass is 402 g/mol. The highest BCUT2D eigenvalue weighted by Gasteiger charge is 2.22. The van der Waals surface area contributed by atoms with Crippen molar-refractivity contribution in [2.24, 2.45) is 0 Å². The molecule has 0 spiro atoms. The van der Waals surface area contributed by atoms with Gasteiger partial charge in [0.2, 0.25) is 5.91 Å². The third kappa shape index (κ3) is 5.22.